The van der Waals surface area contributed by atoms with E-state index in [4.69, 9.17) is 5.73 Å². The molecule has 88 valence electrons. The monoisotopic (exact) mass is 229 g/mol. The second-order valence-corrected chi connectivity index (χ2v) is 4.40. The topological polar surface area (TPSA) is 26.0 Å². The number of hydrogen-bond donors (Lipinski definition) is 1. The van der Waals surface area contributed by atoms with Gasteiger partial charge in [-0.25, -0.2) is 0 Å². The molecule has 0 bridgehead atoms. The lowest BCUT2D eigenvalue weighted by molar-refractivity contribution is -0.137. The van der Waals surface area contributed by atoms with Crippen molar-refractivity contribution in [2.75, 3.05) is 0 Å². The molecule has 0 aliphatic heterocycles. The number of benzene rings is 1. The van der Waals surface area contributed by atoms with Crippen molar-refractivity contribution in [1.29, 1.82) is 0 Å². The van der Waals surface area contributed by atoms with Crippen molar-refractivity contribution in [3.05, 3.63) is 35.4 Å². The molecule has 0 heterocycles. The van der Waals surface area contributed by atoms with Crippen molar-refractivity contribution < 1.29 is 13.2 Å². The van der Waals surface area contributed by atoms with Crippen molar-refractivity contribution in [2.45, 2.75) is 37.4 Å². The Hall–Kier alpha value is -1.03. The number of hydrogen-bond acceptors (Lipinski definition) is 1. The Bertz CT molecular complexity index is 378. The summed E-state index contributed by atoms with van der Waals surface area (Å²) in [5.41, 5.74) is 6.09. The average Bonchev–Trinajstić information content (AvgIpc) is 2.90. The van der Waals surface area contributed by atoms with E-state index in [0.29, 0.717) is 0 Å². The fourth-order valence-corrected chi connectivity index (χ4v) is 2.27. The third kappa shape index (κ3) is 1.71. The summed E-state index contributed by atoms with van der Waals surface area (Å²) in [6.07, 6.45) is -2.52. The van der Waals surface area contributed by atoms with Gasteiger partial charge in [0.05, 0.1) is 5.56 Å². The van der Waals surface area contributed by atoms with Gasteiger partial charge in [-0.15, -0.1) is 0 Å². The predicted octanol–water partition coefficient (Wildman–Crippen LogP) is 3.08. The summed E-state index contributed by atoms with van der Waals surface area (Å²) >= 11 is 0. The van der Waals surface area contributed by atoms with Gasteiger partial charge < -0.3 is 5.73 Å². The SMILES string of the molecule is CCC1(c2ccc(C(F)(F)F)cc2)C[C@H]1N. The van der Waals surface area contributed by atoms with Crippen LogP contribution >= 0.6 is 0 Å². The van der Waals surface area contributed by atoms with Crippen LogP contribution in [0.25, 0.3) is 0 Å². The minimum atomic E-state index is -4.26. The van der Waals surface area contributed by atoms with E-state index in [1.54, 1.807) is 12.1 Å². The molecule has 0 radical (unpaired) electrons. The first-order valence-corrected chi connectivity index (χ1v) is 5.33. The van der Waals surface area contributed by atoms with E-state index in [-0.39, 0.29) is 11.5 Å². The molecule has 1 aromatic rings. The zero-order valence-electron chi connectivity index (χ0n) is 9.01. The van der Waals surface area contributed by atoms with Crippen LogP contribution in [0.5, 0.6) is 0 Å². The molecule has 0 spiro atoms. The van der Waals surface area contributed by atoms with Crippen molar-refractivity contribution in [2.24, 2.45) is 5.73 Å². The van der Waals surface area contributed by atoms with Gasteiger partial charge in [-0.05, 0) is 30.5 Å². The third-order valence-electron chi connectivity index (χ3n) is 3.55. The Balaban J connectivity index is 2.27. The summed E-state index contributed by atoms with van der Waals surface area (Å²) in [5, 5.41) is 0. The maximum atomic E-state index is 12.4. The van der Waals surface area contributed by atoms with E-state index in [2.05, 4.69) is 0 Å². The maximum Gasteiger partial charge on any atom is 0.416 e. The van der Waals surface area contributed by atoms with Crippen LogP contribution in [0.2, 0.25) is 0 Å². The Morgan fingerprint density at radius 2 is 1.81 bits per heavy atom. The second kappa shape index (κ2) is 3.48. The van der Waals surface area contributed by atoms with Crippen LogP contribution in [0.3, 0.4) is 0 Å². The normalized spacial score (nSPS) is 29.2. The highest BCUT2D eigenvalue weighted by molar-refractivity contribution is 5.38. The van der Waals surface area contributed by atoms with Gasteiger partial charge in [0.25, 0.3) is 0 Å². The first kappa shape index (κ1) is 11.5. The summed E-state index contributed by atoms with van der Waals surface area (Å²) in [7, 11) is 0. The van der Waals surface area contributed by atoms with Crippen molar-refractivity contribution in [3.8, 4) is 0 Å². The molecule has 2 rings (SSSR count). The minimum Gasteiger partial charge on any atom is -0.327 e. The summed E-state index contributed by atoms with van der Waals surface area (Å²) in [5.74, 6) is 0. The van der Waals surface area contributed by atoms with Crippen LogP contribution in [0, 0.1) is 0 Å². The van der Waals surface area contributed by atoms with Crippen molar-refractivity contribution in [1.82, 2.24) is 0 Å². The molecule has 4 heteroatoms. The van der Waals surface area contributed by atoms with Crippen molar-refractivity contribution >= 4 is 0 Å². The molecule has 2 atom stereocenters. The lowest BCUT2D eigenvalue weighted by atomic mass is 9.91. The Kier molecular flexibility index (Phi) is 2.49. The van der Waals surface area contributed by atoms with Crippen LogP contribution in [0.1, 0.15) is 30.9 Å². The molecule has 2 N–H and O–H groups in total. The zero-order valence-corrected chi connectivity index (χ0v) is 9.01. The van der Waals surface area contributed by atoms with Gasteiger partial charge >= 0.3 is 6.18 Å². The lowest BCUT2D eigenvalue weighted by Crippen LogP contribution is -2.17. The zero-order chi connectivity index (χ0) is 12.0. The van der Waals surface area contributed by atoms with E-state index in [1.165, 1.54) is 0 Å². The van der Waals surface area contributed by atoms with Gasteiger partial charge in [-0.1, -0.05) is 19.1 Å². The van der Waals surface area contributed by atoms with Crippen LogP contribution < -0.4 is 5.73 Å². The highest BCUT2D eigenvalue weighted by Crippen LogP contribution is 2.49. The molecule has 1 aromatic carbocycles. The van der Waals surface area contributed by atoms with Crippen LogP contribution in [-0.4, -0.2) is 6.04 Å². The van der Waals surface area contributed by atoms with Gasteiger partial charge in [-0.2, -0.15) is 13.2 Å². The van der Waals surface area contributed by atoms with E-state index >= 15 is 0 Å². The lowest BCUT2D eigenvalue weighted by Gasteiger charge is -2.15. The molecular formula is C12H14F3N. The number of rotatable bonds is 2. The molecule has 1 saturated carbocycles. The third-order valence-corrected chi connectivity index (χ3v) is 3.55. The van der Waals surface area contributed by atoms with Crippen LogP contribution in [-0.2, 0) is 11.6 Å². The molecule has 1 unspecified atom stereocenters. The van der Waals surface area contributed by atoms with Crippen molar-refractivity contribution in [3.63, 3.8) is 0 Å². The molecule has 16 heavy (non-hydrogen) atoms. The highest BCUT2D eigenvalue weighted by Gasteiger charge is 2.51. The Morgan fingerprint density at radius 1 is 1.31 bits per heavy atom. The smallest absolute Gasteiger partial charge is 0.327 e. The predicted molar refractivity (Wildman–Crippen MR) is 56.0 cm³/mol. The van der Waals surface area contributed by atoms with Crippen LogP contribution in [0.15, 0.2) is 24.3 Å². The largest absolute Gasteiger partial charge is 0.416 e. The van der Waals surface area contributed by atoms with Gasteiger partial charge in [0.15, 0.2) is 0 Å². The van der Waals surface area contributed by atoms with Gasteiger partial charge in [0.1, 0.15) is 0 Å². The number of alkyl halides is 3. The first-order chi connectivity index (χ1) is 7.40. The van der Waals surface area contributed by atoms with E-state index in [1.807, 2.05) is 6.92 Å². The molecular weight excluding hydrogens is 215 g/mol. The number of nitrogens with two attached hydrogens (primary N) is 1. The molecule has 1 aliphatic carbocycles. The molecule has 1 fully saturated rings. The second-order valence-electron chi connectivity index (χ2n) is 4.40. The minimum absolute atomic E-state index is 0.0792. The molecule has 0 amide bonds. The summed E-state index contributed by atoms with van der Waals surface area (Å²) in [4.78, 5) is 0. The molecule has 1 nitrogen and oxygen atoms in total. The standard InChI is InChI=1S/C12H14F3N/c1-2-11(7-10(11)16)8-3-5-9(6-4-8)12(13,14)15/h3-6,10H,2,7,16H2,1H3/t10-,11?/m1/s1. The molecule has 1 aliphatic rings. The maximum absolute atomic E-state index is 12.4. The quantitative estimate of drug-likeness (QED) is 0.828. The Morgan fingerprint density at radius 3 is 2.12 bits per heavy atom. The molecule has 0 aromatic heterocycles. The average molecular weight is 229 g/mol. The van der Waals surface area contributed by atoms with E-state index in [9.17, 15) is 13.2 Å². The fraction of sp³-hybridized carbons (Fsp3) is 0.500. The van der Waals surface area contributed by atoms with Gasteiger partial charge in [-0.3, -0.25) is 0 Å². The Labute approximate surface area is 92.5 Å². The van der Waals surface area contributed by atoms with Gasteiger partial charge in [0.2, 0.25) is 0 Å². The van der Waals surface area contributed by atoms with E-state index < -0.39 is 11.7 Å². The fourth-order valence-electron chi connectivity index (χ4n) is 2.27. The first-order valence-electron chi connectivity index (χ1n) is 5.33. The van der Waals surface area contributed by atoms with E-state index in [0.717, 1.165) is 30.5 Å². The summed E-state index contributed by atoms with van der Waals surface area (Å²) in [6.45, 7) is 2.02. The summed E-state index contributed by atoms with van der Waals surface area (Å²) < 4.78 is 37.1. The highest BCUT2D eigenvalue weighted by atomic mass is 19.4. The molecule has 0 saturated heterocycles. The van der Waals surface area contributed by atoms with Gasteiger partial charge in [0, 0.05) is 11.5 Å². The van der Waals surface area contributed by atoms with Crippen LogP contribution in [0.4, 0.5) is 13.2 Å². The summed E-state index contributed by atoms with van der Waals surface area (Å²) in [6, 6.07) is 5.47. The number of halogens is 3.